The predicted molar refractivity (Wildman–Crippen MR) is 82.9 cm³/mol. The van der Waals surface area contributed by atoms with E-state index >= 15 is 0 Å². The largest absolute Gasteiger partial charge is 0.462 e. The summed E-state index contributed by atoms with van der Waals surface area (Å²) in [6.07, 6.45) is 1.59. The Morgan fingerprint density at radius 1 is 1.25 bits per heavy atom. The number of esters is 1. The second kappa shape index (κ2) is 6.20. The van der Waals surface area contributed by atoms with Crippen LogP contribution in [0, 0.1) is 11.8 Å². The monoisotopic (exact) mass is 332 g/mol. The van der Waals surface area contributed by atoms with Crippen LogP contribution in [0.25, 0.3) is 0 Å². The smallest absolute Gasteiger partial charge is 0.306 e. The average molecular weight is 332 g/mol. The van der Waals surface area contributed by atoms with Gasteiger partial charge < -0.3 is 24.4 Å². The first kappa shape index (κ1) is 15.6. The van der Waals surface area contributed by atoms with Crippen LogP contribution in [-0.4, -0.2) is 40.8 Å². The van der Waals surface area contributed by atoms with Crippen molar-refractivity contribution in [1.29, 1.82) is 0 Å². The van der Waals surface area contributed by atoms with Crippen molar-refractivity contribution in [2.45, 2.75) is 44.1 Å². The Kier molecular flexibility index (Phi) is 4.04. The van der Waals surface area contributed by atoms with Gasteiger partial charge in [0.25, 0.3) is 0 Å². The minimum absolute atomic E-state index is 0.0233. The van der Waals surface area contributed by atoms with Crippen molar-refractivity contribution in [3.63, 3.8) is 0 Å². The third kappa shape index (κ3) is 2.81. The molecule has 1 aromatic carbocycles. The summed E-state index contributed by atoms with van der Waals surface area (Å²) in [7, 11) is 0. The Morgan fingerprint density at radius 3 is 2.96 bits per heavy atom. The molecule has 1 saturated carbocycles. The number of hydrogen-bond donors (Lipinski definition) is 2. The van der Waals surface area contributed by atoms with E-state index in [1.54, 1.807) is 12.2 Å². The van der Waals surface area contributed by atoms with Gasteiger partial charge in [-0.05, 0) is 6.07 Å². The van der Waals surface area contributed by atoms with Gasteiger partial charge >= 0.3 is 5.97 Å². The Morgan fingerprint density at radius 2 is 2.08 bits per heavy atom. The van der Waals surface area contributed by atoms with Crippen LogP contribution >= 0.6 is 0 Å². The number of benzene rings is 1. The summed E-state index contributed by atoms with van der Waals surface area (Å²) in [6, 6.07) is 7.54. The molecule has 4 rings (SSSR count). The summed E-state index contributed by atoms with van der Waals surface area (Å²) in [4.78, 5) is 11.4. The fraction of sp³-hybridized carbons (Fsp3) is 0.500. The Bertz CT molecular complexity index is 657. The van der Waals surface area contributed by atoms with Gasteiger partial charge in [-0.15, -0.1) is 0 Å². The van der Waals surface area contributed by atoms with Crippen molar-refractivity contribution < 1.29 is 29.2 Å². The van der Waals surface area contributed by atoms with Crippen LogP contribution < -0.4 is 4.74 Å². The van der Waals surface area contributed by atoms with E-state index in [4.69, 9.17) is 14.2 Å². The van der Waals surface area contributed by atoms with Crippen LogP contribution in [0.1, 0.15) is 18.4 Å². The van der Waals surface area contributed by atoms with Crippen LogP contribution in [0.15, 0.2) is 36.4 Å². The number of rotatable bonds is 3. The third-order valence-corrected chi connectivity index (χ3v) is 5.00. The summed E-state index contributed by atoms with van der Waals surface area (Å²) < 4.78 is 16.4. The molecule has 2 fully saturated rings. The molecule has 128 valence electrons. The standard InChI is InChI=1S/C18H20O6/c19-13(18-22-9-10-3-1-2-4-15(10)24-18)6-5-11-12-7-17(21)23-16(12)8-14(11)20/h1-6,11-14,16,18-20H,7-9H2/b6-5+/t11-,12-,13+,14-,16+,18?/m1/s1. The molecule has 0 bridgehead atoms. The molecule has 2 heterocycles. The highest BCUT2D eigenvalue weighted by Crippen LogP contribution is 2.42. The van der Waals surface area contributed by atoms with Crippen molar-refractivity contribution in [3.05, 3.63) is 42.0 Å². The van der Waals surface area contributed by atoms with Crippen LogP contribution in [-0.2, 0) is 20.9 Å². The Labute approximate surface area is 139 Å². The van der Waals surface area contributed by atoms with E-state index in [1.807, 2.05) is 24.3 Å². The molecule has 0 amide bonds. The van der Waals surface area contributed by atoms with Gasteiger partial charge in [0.15, 0.2) is 0 Å². The van der Waals surface area contributed by atoms with Gasteiger partial charge in [-0.3, -0.25) is 4.79 Å². The lowest BCUT2D eigenvalue weighted by Gasteiger charge is -2.28. The fourth-order valence-corrected chi connectivity index (χ4v) is 3.76. The number of ether oxygens (including phenoxy) is 3. The van der Waals surface area contributed by atoms with Gasteiger partial charge in [-0.2, -0.15) is 0 Å². The molecule has 1 aromatic rings. The van der Waals surface area contributed by atoms with Crippen molar-refractivity contribution in [1.82, 2.24) is 0 Å². The second-order valence-corrected chi connectivity index (χ2v) is 6.56. The first-order valence-corrected chi connectivity index (χ1v) is 8.22. The quantitative estimate of drug-likeness (QED) is 0.638. The van der Waals surface area contributed by atoms with Crippen molar-refractivity contribution in [2.24, 2.45) is 11.8 Å². The van der Waals surface area contributed by atoms with Crippen LogP contribution in [0.2, 0.25) is 0 Å². The molecule has 1 saturated heterocycles. The van der Waals surface area contributed by atoms with E-state index in [1.165, 1.54) is 0 Å². The zero-order chi connectivity index (χ0) is 16.7. The molecule has 6 heteroatoms. The van der Waals surface area contributed by atoms with Crippen molar-refractivity contribution >= 4 is 5.97 Å². The van der Waals surface area contributed by atoms with Gasteiger partial charge in [-0.1, -0.05) is 30.4 Å². The van der Waals surface area contributed by atoms with Crippen molar-refractivity contribution in [2.75, 3.05) is 0 Å². The third-order valence-electron chi connectivity index (χ3n) is 5.00. The average Bonchev–Trinajstić information content (AvgIpc) is 3.07. The molecule has 2 aliphatic heterocycles. The second-order valence-electron chi connectivity index (χ2n) is 6.56. The topological polar surface area (TPSA) is 85.2 Å². The van der Waals surface area contributed by atoms with Gasteiger partial charge in [0.1, 0.15) is 18.0 Å². The molecule has 0 aromatic heterocycles. The minimum atomic E-state index is -0.956. The molecule has 2 N–H and O–H groups in total. The van der Waals surface area contributed by atoms with Crippen LogP contribution in [0.5, 0.6) is 5.75 Å². The van der Waals surface area contributed by atoms with E-state index in [0.29, 0.717) is 25.2 Å². The fourth-order valence-electron chi connectivity index (χ4n) is 3.76. The number of carbonyl (C=O) groups excluding carboxylic acids is 1. The van der Waals surface area contributed by atoms with E-state index in [2.05, 4.69) is 0 Å². The molecule has 3 aliphatic rings. The summed E-state index contributed by atoms with van der Waals surface area (Å²) in [5.74, 6) is 0.264. The number of aliphatic hydroxyl groups is 2. The lowest BCUT2D eigenvalue weighted by atomic mass is 9.91. The predicted octanol–water partition coefficient (Wildman–Crippen LogP) is 1.15. The number of para-hydroxylation sites is 1. The zero-order valence-corrected chi connectivity index (χ0v) is 13.1. The van der Waals surface area contributed by atoms with Crippen LogP contribution in [0.4, 0.5) is 0 Å². The highest BCUT2D eigenvalue weighted by molar-refractivity contribution is 5.72. The number of aliphatic hydroxyl groups excluding tert-OH is 2. The lowest BCUT2D eigenvalue weighted by molar-refractivity contribution is -0.152. The summed E-state index contributed by atoms with van der Waals surface area (Å²) in [5, 5.41) is 20.5. The molecule has 6 atom stereocenters. The maximum Gasteiger partial charge on any atom is 0.306 e. The van der Waals surface area contributed by atoms with Crippen LogP contribution in [0.3, 0.4) is 0 Å². The highest BCUT2D eigenvalue weighted by atomic mass is 16.7. The van der Waals surface area contributed by atoms with Gasteiger partial charge in [0, 0.05) is 23.8 Å². The zero-order valence-electron chi connectivity index (χ0n) is 13.1. The Hall–Kier alpha value is -1.89. The SMILES string of the molecule is O=C1C[C@@H]2[C@@H](/C=C/[C@H](O)C3OCc4ccccc4O3)[C@H](O)C[C@@H]2O1. The molecule has 0 spiro atoms. The molecule has 6 nitrogen and oxygen atoms in total. The van der Waals surface area contributed by atoms with E-state index < -0.39 is 18.5 Å². The molecular weight excluding hydrogens is 312 g/mol. The Balaban J connectivity index is 1.42. The summed E-state index contributed by atoms with van der Waals surface area (Å²) in [5.41, 5.74) is 0.945. The van der Waals surface area contributed by atoms with Gasteiger partial charge in [0.05, 0.1) is 19.1 Å². The molecular formula is C18H20O6. The number of carbonyl (C=O) groups is 1. The van der Waals surface area contributed by atoms with E-state index in [9.17, 15) is 15.0 Å². The first-order chi connectivity index (χ1) is 11.6. The minimum Gasteiger partial charge on any atom is -0.462 e. The van der Waals surface area contributed by atoms with E-state index in [0.717, 1.165) is 5.56 Å². The highest BCUT2D eigenvalue weighted by Gasteiger charge is 2.48. The lowest BCUT2D eigenvalue weighted by Crippen LogP contribution is -2.36. The van der Waals surface area contributed by atoms with Crippen molar-refractivity contribution in [3.8, 4) is 5.75 Å². The normalized spacial score (nSPS) is 36.1. The molecule has 0 radical (unpaired) electrons. The summed E-state index contributed by atoms with van der Waals surface area (Å²) in [6.45, 7) is 0.380. The van der Waals surface area contributed by atoms with E-state index in [-0.39, 0.29) is 23.9 Å². The van der Waals surface area contributed by atoms with Gasteiger partial charge in [0.2, 0.25) is 6.29 Å². The van der Waals surface area contributed by atoms with Gasteiger partial charge in [-0.25, -0.2) is 0 Å². The molecule has 1 aliphatic carbocycles. The molecule has 24 heavy (non-hydrogen) atoms. The number of fused-ring (bicyclic) bond motifs is 2. The number of hydrogen-bond acceptors (Lipinski definition) is 6. The first-order valence-electron chi connectivity index (χ1n) is 8.22. The maximum absolute atomic E-state index is 11.4. The maximum atomic E-state index is 11.4. The molecule has 1 unspecified atom stereocenters. The summed E-state index contributed by atoms with van der Waals surface area (Å²) >= 11 is 0.